The number of tetrazole rings is 1. The molecule has 0 aliphatic heterocycles. The van der Waals surface area contributed by atoms with Crippen molar-refractivity contribution < 1.29 is 9.59 Å². The second-order valence-corrected chi connectivity index (χ2v) is 7.48. The summed E-state index contributed by atoms with van der Waals surface area (Å²) in [6.07, 6.45) is 0.726. The molecule has 0 radical (unpaired) electrons. The Bertz CT molecular complexity index is 1030. The standard InChI is InChI=1S/C21H23ClN6O2/c1-4-13(2)18(24-20(29)14-8-10-16(22)11-9-14)21(30)23-17-7-5-6-15(12-17)19-25-26-27-28(19)3/h5-13,18H,4H2,1-3H3,(H,23,30)(H,24,29). The minimum absolute atomic E-state index is 0.0626. The predicted octanol–water partition coefficient (Wildman–Crippen LogP) is 3.31. The lowest BCUT2D eigenvalue weighted by Gasteiger charge is -2.23. The average molecular weight is 427 g/mol. The number of carbonyl (C=O) groups excluding carboxylic acids is 2. The maximum atomic E-state index is 13.0. The fourth-order valence-corrected chi connectivity index (χ4v) is 3.08. The average Bonchev–Trinajstić information content (AvgIpc) is 3.17. The minimum atomic E-state index is -0.696. The van der Waals surface area contributed by atoms with Gasteiger partial charge in [-0.1, -0.05) is 44.0 Å². The van der Waals surface area contributed by atoms with Crippen molar-refractivity contribution in [2.45, 2.75) is 26.3 Å². The first-order valence-electron chi connectivity index (χ1n) is 9.59. The maximum Gasteiger partial charge on any atom is 0.251 e. The highest BCUT2D eigenvalue weighted by Gasteiger charge is 2.26. The van der Waals surface area contributed by atoms with Gasteiger partial charge in [0.2, 0.25) is 5.91 Å². The van der Waals surface area contributed by atoms with Crippen LogP contribution in [0.3, 0.4) is 0 Å². The number of hydrogen-bond acceptors (Lipinski definition) is 5. The number of benzene rings is 2. The Hall–Kier alpha value is -3.26. The van der Waals surface area contributed by atoms with E-state index in [0.29, 0.717) is 22.1 Å². The molecule has 2 amide bonds. The molecule has 3 rings (SSSR count). The second-order valence-electron chi connectivity index (χ2n) is 7.04. The molecule has 0 saturated heterocycles. The molecular weight excluding hydrogens is 404 g/mol. The largest absolute Gasteiger partial charge is 0.340 e. The topological polar surface area (TPSA) is 102 Å². The molecule has 0 saturated carbocycles. The van der Waals surface area contributed by atoms with Crippen LogP contribution >= 0.6 is 11.6 Å². The number of anilines is 1. The fraction of sp³-hybridized carbons (Fsp3) is 0.286. The monoisotopic (exact) mass is 426 g/mol. The normalized spacial score (nSPS) is 12.8. The lowest BCUT2D eigenvalue weighted by molar-refractivity contribution is -0.119. The molecule has 0 aliphatic carbocycles. The Morgan fingerprint density at radius 1 is 1.17 bits per heavy atom. The minimum Gasteiger partial charge on any atom is -0.340 e. The molecule has 0 aliphatic rings. The van der Waals surface area contributed by atoms with Crippen LogP contribution in [0, 0.1) is 5.92 Å². The highest BCUT2D eigenvalue weighted by molar-refractivity contribution is 6.30. The number of nitrogens with zero attached hydrogens (tertiary/aromatic N) is 4. The third kappa shape index (κ3) is 5.01. The van der Waals surface area contributed by atoms with E-state index < -0.39 is 6.04 Å². The van der Waals surface area contributed by atoms with Gasteiger partial charge in [0.1, 0.15) is 6.04 Å². The van der Waals surface area contributed by atoms with Crippen molar-refractivity contribution in [2.24, 2.45) is 13.0 Å². The van der Waals surface area contributed by atoms with E-state index in [0.717, 1.165) is 12.0 Å². The van der Waals surface area contributed by atoms with Crippen LogP contribution in [-0.4, -0.2) is 38.1 Å². The third-order valence-electron chi connectivity index (χ3n) is 4.90. The van der Waals surface area contributed by atoms with Crippen molar-refractivity contribution in [3.05, 3.63) is 59.1 Å². The van der Waals surface area contributed by atoms with Crippen LogP contribution in [0.4, 0.5) is 5.69 Å². The highest BCUT2D eigenvalue weighted by atomic mass is 35.5. The van der Waals surface area contributed by atoms with Crippen molar-refractivity contribution >= 4 is 29.1 Å². The zero-order chi connectivity index (χ0) is 21.7. The van der Waals surface area contributed by atoms with E-state index in [1.807, 2.05) is 26.0 Å². The number of nitrogens with one attached hydrogen (secondary N) is 2. The zero-order valence-corrected chi connectivity index (χ0v) is 17.7. The number of hydrogen-bond donors (Lipinski definition) is 2. The van der Waals surface area contributed by atoms with Gasteiger partial charge in [0.15, 0.2) is 5.82 Å². The van der Waals surface area contributed by atoms with Gasteiger partial charge in [-0.05, 0) is 52.7 Å². The molecule has 3 aromatic rings. The second kappa shape index (κ2) is 9.49. The van der Waals surface area contributed by atoms with Gasteiger partial charge >= 0.3 is 0 Å². The Balaban J connectivity index is 1.77. The van der Waals surface area contributed by atoms with Crippen LogP contribution in [0.2, 0.25) is 5.02 Å². The first-order valence-corrected chi connectivity index (χ1v) is 9.97. The van der Waals surface area contributed by atoms with Crippen LogP contribution < -0.4 is 10.6 Å². The van der Waals surface area contributed by atoms with E-state index in [1.54, 1.807) is 48.1 Å². The summed E-state index contributed by atoms with van der Waals surface area (Å²) >= 11 is 5.89. The number of halogens is 1. The molecule has 0 spiro atoms. The number of amides is 2. The Labute approximate surface area is 179 Å². The van der Waals surface area contributed by atoms with E-state index in [2.05, 4.69) is 26.2 Å². The predicted molar refractivity (Wildman–Crippen MR) is 115 cm³/mol. The Morgan fingerprint density at radius 2 is 1.90 bits per heavy atom. The smallest absolute Gasteiger partial charge is 0.251 e. The van der Waals surface area contributed by atoms with Crippen molar-refractivity contribution in [1.29, 1.82) is 0 Å². The molecule has 2 unspecified atom stereocenters. The van der Waals surface area contributed by atoms with Crippen LogP contribution in [0.25, 0.3) is 11.4 Å². The molecule has 1 heterocycles. The van der Waals surface area contributed by atoms with Gasteiger partial charge in [-0.2, -0.15) is 0 Å². The fourth-order valence-electron chi connectivity index (χ4n) is 2.96. The van der Waals surface area contributed by atoms with Crippen molar-refractivity contribution in [3.63, 3.8) is 0 Å². The third-order valence-corrected chi connectivity index (χ3v) is 5.15. The van der Waals surface area contributed by atoms with Crippen molar-refractivity contribution in [3.8, 4) is 11.4 Å². The molecule has 0 fully saturated rings. The lowest BCUT2D eigenvalue weighted by atomic mass is 9.97. The zero-order valence-electron chi connectivity index (χ0n) is 17.0. The van der Waals surface area contributed by atoms with Gasteiger partial charge in [-0.25, -0.2) is 4.68 Å². The lowest BCUT2D eigenvalue weighted by Crippen LogP contribution is -2.47. The Morgan fingerprint density at radius 3 is 2.53 bits per heavy atom. The first kappa shape index (κ1) is 21.4. The van der Waals surface area contributed by atoms with E-state index in [4.69, 9.17) is 11.6 Å². The maximum absolute atomic E-state index is 13.0. The van der Waals surface area contributed by atoms with Crippen molar-refractivity contribution in [2.75, 3.05) is 5.32 Å². The summed E-state index contributed by atoms with van der Waals surface area (Å²) in [7, 11) is 1.74. The van der Waals surface area contributed by atoms with E-state index in [1.165, 1.54) is 0 Å². The SMILES string of the molecule is CCC(C)C(NC(=O)c1ccc(Cl)cc1)C(=O)Nc1cccc(-c2nnnn2C)c1. The first-order chi connectivity index (χ1) is 14.4. The van der Waals surface area contributed by atoms with Gasteiger partial charge in [0.05, 0.1) is 0 Å². The van der Waals surface area contributed by atoms with Crippen LogP contribution in [0.1, 0.15) is 30.6 Å². The molecule has 8 nitrogen and oxygen atoms in total. The number of aryl methyl sites for hydroxylation is 1. The summed E-state index contributed by atoms with van der Waals surface area (Å²) in [5.41, 5.74) is 1.80. The van der Waals surface area contributed by atoms with Crippen LogP contribution in [0.15, 0.2) is 48.5 Å². The van der Waals surface area contributed by atoms with Gasteiger partial charge in [-0.3, -0.25) is 9.59 Å². The van der Waals surface area contributed by atoms with Gasteiger partial charge in [0, 0.05) is 28.9 Å². The molecular formula is C21H23ClN6O2. The molecule has 2 aromatic carbocycles. The molecule has 9 heteroatoms. The van der Waals surface area contributed by atoms with Crippen molar-refractivity contribution in [1.82, 2.24) is 25.5 Å². The summed E-state index contributed by atoms with van der Waals surface area (Å²) in [4.78, 5) is 25.6. The van der Waals surface area contributed by atoms with Crippen LogP contribution in [-0.2, 0) is 11.8 Å². The van der Waals surface area contributed by atoms with E-state index >= 15 is 0 Å². The highest BCUT2D eigenvalue weighted by Crippen LogP contribution is 2.20. The summed E-state index contributed by atoms with van der Waals surface area (Å²) in [5.74, 6) is -0.0982. The van der Waals surface area contributed by atoms with E-state index in [9.17, 15) is 9.59 Å². The van der Waals surface area contributed by atoms with Gasteiger partial charge < -0.3 is 10.6 Å². The van der Waals surface area contributed by atoms with Crippen LogP contribution in [0.5, 0.6) is 0 Å². The quantitative estimate of drug-likeness (QED) is 0.603. The molecule has 2 atom stereocenters. The molecule has 156 valence electrons. The molecule has 30 heavy (non-hydrogen) atoms. The summed E-state index contributed by atoms with van der Waals surface area (Å²) in [6.45, 7) is 3.90. The molecule has 2 N–H and O–H groups in total. The molecule has 0 bridgehead atoms. The summed E-state index contributed by atoms with van der Waals surface area (Å²) in [5, 5.41) is 17.7. The Kier molecular flexibility index (Phi) is 6.79. The van der Waals surface area contributed by atoms with Gasteiger partial charge in [0.25, 0.3) is 5.91 Å². The van der Waals surface area contributed by atoms with Gasteiger partial charge in [-0.15, -0.1) is 5.10 Å². The molecule has 1 aromatic heterocycles. The number of rotatable bonds is 7. The summed E-state index contributed by atoms with van der Waals surface area (Å²) in [6, 6.07) is 13.1. The summed E-state index contributed by atoms with van der Waals surface area (Å²) < 4.78 is 1.55. The van der Waals surface area contributed by atoms with E-state index in [-0.39, 0.29) is 17.7 Å². The number of carbonyl (C=O) groups is 2. The number of aromatic nitrogens is 4.